The van der Waals surface area contributed by atoms with Crippen molar-refractivity contribution in [1.29, 1.82) is 0 Å². The normalized spacial score (nSPS) is 12.1. The molecule has 2 amide bonds. The van der Waals surface area contributed by atoms with Gasteiger partial charge < -0.3 is 15.0 Å². The maximum Gasteiger partial charge on any atom is 0.244 e. The number of benzene rings is 2. The fourth-order valence-corrected chi connectivity index (χ4v) is 4.57. The summed E-state index contributed by atoms with van der Waals surface area (Å²) in [4.78, 5) is 27.7. The van der Waals surface area contributed by atoms with Gasteiger partial charge in [-0.15, -0.1) is 0 Å². The lowest BCUT2D eigenvalue weighted by Crippen LogP contribution is -2.52. The monoisotopic (exact) mass is 529 g/mol. The van der Waals surface area contributed by atoms with Crippen molar-refractivity contribution in [3.8, 4) is 5.75 Å². The number of sulfonamides is 1. The molecule has 11 heteroatoms. The molecule has 0 aliphatic rings. The van der Waals surface area contributed by atoms with Crippen LogP contribution >= 0.6 is 23.2 Å². The van der Waals surface area contributed by atoms with E-state index in [1.54, 1.807) is 38.1 Å². The van der Waals surface area contributed by atoms with Gasteiger partial charge in [-0.2, -0.15) is 0 Å². The Hall–Kier alpha value is -2.49. The average molecular weight is 530 g/mol. The third kappa shape index (κ3) is 7.25. The van der Waals surface area contributed by atoms with Crippen LogP contribution in [0.3, 0.4) is 0 Å². The molecule has 1 atom stereocenters. The molecule has 0 heterocycles. The molecule has 0 radical (unpaired) electrons. The first kappa shape index (κ1) is 27.8. The van der Waals surface area contributed by atoms with Gasteiger partial charge in [-0.05, 0) is 49.2 Å². The molecule has 1 N–H and O–H groups in total. The first-order chi connectivity index (χ1) is 16.0. The maximum absolute atomic E-state index is 13.5. The fraction of sp³-hybridized carbons (Fsp3) is 0.391. The summed E-state index contributed by atoms with van der Waals surface area (Å²) in [6, 6.07) is 10.6. The lowest BCUT2D eigenvalue weighted by Gasteiger charge is -2.33. The summed E-state index contributed by atoms with van der Waals surface area (Å²) in [5, 5.41) is 3.16. The summed E-state index contributed by atoms with van der Waals surface area (Å²) in [6.07, 6.45) is 1.34. The van der Waals surface area contributed by atoms with Crippen molar-refractivity contribution < 1.29 is 22.7 Å². The predicted octanol–water partition coefficient (Wildman–Crippen LogP) is 3.71. The van der Waals surface area contributed by atoms with Gasteiger partial charge >= 0.3 is 0 Å². The number of hydrogen-bond acceptors (Lipinski definition) is 5. The van der Waals surface area contributed by atoms with E-state index in [0.717, 1.165) is 16.1 Å². The van der Waals surface area contributed by atoms with E-state index in [2.05, 4.69) is 5.32 Å². The molecule has 0 aliphatic heterocycles. The number of methoxy groups -OCH3 is 1. The van der Waals surface area contributed by atoms with E-state index in [-0.39, 0.29) is 28.2 Å². The highest BCUT2D eigenvalue weighted by Crippen LogP contribution is 2.29. The minimum absolute atomic E-state index is 0.0879. The summed E-state index contributed by atoms with van der Waals surface area (Å²) < 4.78 is 31.4. The summed E-state index contributed by atoms with van der Waals surface area (Å²) in [6.45, 7) is 3.55. The van der Waals surface area contributed by atoms with Gasteiger partial charge in [0.05, 0.1) is 29.1 Å². The number of hydrogen-bond donors (Lipinski definition) is 1. The average Bonchev–Trinajstić information content (AvgIpc) is 2.78. The lowest BCUT2D eigenvalue weighted by molar-refractivity contribution is -0.140. The molecule has 186 valence electrons. The number of amides is 2. The van der Waals surface area contributed by atoms with Crippen molar-refractivity contribution in [1.82, 2.24) is 10.2 Å². The van der Waals surface area contributed by atoms with Gasteiger partial charge in [-0.3, -0.25) is 13.9 Å². The molecule has 2 rings (SSSR count). The molecule has 0 saturated heterocycles. The molecule has 0 bridgehead atoms. The third-order valence-electron chi connectivity index (χ3n) is 5.09. The van der Waals surface area contributed by atoms with Gasteiger partial charge in [-0.1, -0.05) is 42.3 Å². The number of ether oxygens (including phenoxy) is 1. The van der Waals surface area contributed by atoms with Crippen LogP contribution in [0.2, 0.25) is 10.0 Å². The highest BCUT2D eigenvalue weighted by atomic mass is 35.5. The van der Waals surface area contributed by atoms with Crippen molar-refractivity contribution >= 4 is 50.7 Å². The summed E-state index contributed by atoms with van der Waals surface area (Å²) in [7, 11) is -2.32. The number of carbonyl (C=O) groups excluding carboxylic acids is 2. The Kier molecular flexibility index (Phi) is 10.0. The smallest absolute Gasteiger partial charge is 0.244 e. The Balaban J connectivity index is 2.46. The number of halogens is 2. The number of nitrogens with one attached hydrogen (secondary N) is 1. The molecule has 34 heavy (non-hydrogen) atoms. The Morgan fingerprint density at radius 1 is 1.09 bits per heavy atom. The fourth-order valence-electron chi connectivity index (χ4n) is 3.43. The zero-order valence-corrected chi connectivity index (χ0v) is 21.9. The van der Waals surface area contributed by atoms with Gasteiger partial charge in [0.2, 0.25) is 21.8 Å². The molecule has 0 aliphatic carbocycles. The van der Waals surface area contributed by atoms with Crippen molar-refractivity contribution in [2.24, 2.45) is 0 Å². The van der Waals surface area contributed by atoms with E-state index in [0.29, 0.717) is 18.7 Å². The molecule has 2 aromatic rings. The molecule has 0 fully saturated rings. The van der Waals surface area contributed by atoms with Crippen molar-refractivity contribution in [3.63, 3.8) is 0 Å². The highest BCUT2D eigenvalue weighted by molar-refractivity contribution is 7.92. The first-order valence-electron chi connectivity index (χ1n) is 10.6. The van der Waals surface area contributed by atoms with Crippen LogP contribution in [0.4, 0.5) is 5.69 Å². The predicted molar refractivity (Wildman–Crippen MR) is 135 cm³/mol. The minimum atomic E-state index is -3.86. The number of nitrogens with zero attached hydrogens (tertiary/aromatic N) is 2. The van der Waals surface area contributed by atoms with Gasteiger partial charge in [0, 0.05) is 13.1 Å². The highest BCUT2D eigenvalue weighted by Gasteiger charge is 2.31. The second kappa shape index (κ2) is 12.3. The third-order valence-corrected chi connectivity index (χ3v) is 6.97. The van der Waals surface area contributed by atoms with Gasteiger partial charge in [-0.25, -0.2) is 8.42 Å². The van der Waals surface area contributed by atoms with Crippen LogP contribution < -0.4 is 14.4 Å². The van der Waals surface area contributed by atoms with Crippen LogP contribution in [0.25, 0.3) is 0 Å². The van der Waals surface area contributed by atoms with E-state index in [9.17, 15) is 18.0 Å². The molecular weight excluding hydrogens is 501 g/mol. The number of anilines is 1. The largest absolute Gasteiger partial charge is 0.497 e. The van der Waals surface area contributed by atoms with Crippen LogP contribution in [0, 0.1) is 0 Å². The zero-order valence-electron chi connectivity index (χ0n) is 19.5. The van der Waals surface area contributed by atoms with Crippen LogP contribution in [-0.2, 0) is 26.2 Å². The molecule has 0 saturated carbocycles. The molecule has 0 unspecified atom stereocenters. The van der Waals surface area contributed by atoms with Crippen LogP contribution in [0.1, 0.15) is 25.8 Å². The quantitative estimate of drug-likeness (QED) is 0.478. The Bertz CT molecular complexity index is 1130. The number of carbonyl (C=O) groups is 2. The number of rotatable bonds is 11. The maximum atomic E-state index is 13.5. The second-order valence-corrected chi connectivity index (χ2v) is 10.3. The summed E-state index contributed by atoms with van der Waals surface area (Å²) in [5.41, 5.74) is 0.925. The molecule has 2 aromatic carbocycles. The Morgan fingerprint density at radius 3 is 2.35 bits per heavy atom. The van der Waals surface area contributed by atoms with E-state index < -0.39 is 28.5 Å². The topological polar surface area (TPSA) is 96.0 Å². The zero-order chi connectivity index (χ0) is 25.5. The van der Waals surface area contributed by atoms with Crippen molar-refractivity contribution in [2.75, 3.05) is 30.8 Å². The van der Waals surface area contributed by atoms with Gasteiger partial charge in [0.1, 0.15) is 18.3 Å². The minimum Gasteiger partial charge on any atom is -0.497 e. The molecule has 0 aromatic heterocycles. The SMILES string of the molecule is CCNC(=O)[C@@H](CC)N(Cc1cccc(OC)c1)C(=O)CN(c1ccc(Cl)c(Cl)c1)S(C)(=O)=O. The van der Waals surface area contributed by atoms with Crippen molar-refractivity contribution in [3.05, 3.63) is 58.1 Å². The van der Waals surface area contributed by atoms with Gasteiger partial charge in [0.25, 0.3) is 0 Å². The van der Waals surface area contributed by atoms with Crippen molar-refractivity contribution in [2.45, 2.75) is 32.9 Å². The summed E-state index contributed by atoms with van der Waals surface area (Å²) >= 11 is 12.0. The van der Waals surface area contributed by atoms with E-state index in [1.165, 1.54) is 30.2 Å². The lowest BCUT2D eigenvalue weighted by atomic mass is 10.1. The Morgan fingerprint density at radius 2 is 1.79 bits per heavy atom. The second-order valence-electron chi connectivity index (χ2n) is 7.56. The van der Waals surface area contributed by atoms with Crippen LogP contribution in [-0.4, -0.2) is 57.6 Å². The van der Waals surface area contributed by atoms with E-state index in [1.807, 2.05) is 0 Å². The number of likely N-dealkylation sites (N-methyl/N-ethyl adjacent to an activating group) is 1. The molecule has 8 nitrogen and oxygen atoms in total. The standard InChI is InChI=1S/C23H29Cl2N3O5S/c1-5-21(23(30)26-6-2)27(14-16-8-7-9-18(12-16)33-3)22(29)15-28(34(4,31)32)17-10-11-19(24)20(25)13-17/h7-13,21H,5-6,14-15H2,1-4H3,(H,26,30)/t21-/m1/s1. The molecule has 0 spiro atoms. The van der Waals surface area contributed by atoms with Crippen LogP contribution in [0.15, 0.2) is 42.5 Å². The Labute approximate surface area is 210 Å². The van der Waals surface area contributed by atoms with E-state index in [4.69, 9.17) is 27.9 Å². The molecular formula is C23H29Cl2N3O5S. The van der Waals surface area contributed by atoms with Crippen LogP contribution in [0.5, 0.6) is 5.75 Å². The van der Waals surface area contributed by atoms with Gasteiger partial charge in [0.15, 0.2) is 0 Å². The first-order valence-corrected chi connectivity index (χ1v) is 13.2. The summed E-state index contributed by atoms with van der Waals surface area (Å²) in [5.74, 6) is -0.261. The van der Waals surface area contributed by atoms with E-state index >= 15 is 0 Å².